The Balaban J connectivity index is 2.06. The van der Waals surface area contributed by atoms with Crippen LogP contribution < -0.4 is 5.73 Å². The van der Waals surface area contributed by atoms with Gasteiger partial charge in [0.2, 0.25) is 0 Å². The minimum absolute atomic E-state index is 0.161. The number of hydrogen-bond acceptors (Lipinski definition) is 4. The van der Waals surface area contributed by atoms with Crippen molar-refractivity contribution in [2.75, 3.05) is 5.73 Å². The van der Waals surface area contributed by atoms with Crippen LogP contribution in [0.2, 0.25) is 5.02 Å². The summed E-state index contributed by atoms with van der Waals surface area (Å²) in [5.74, 6) is -0.460. The van der Waals surface area contributed by atoms with E-state index in [9.17, 15) is 4.79 Å². The Bertz CT molecular complexity index is 617. The highest BCUT2D eigenvalue weighted by molar-refractivity contribution is 6.31. The Hall–Kier alpha value is -2.01. The molecule has 0 aliphatic rings. The number of nitrogens with zero attached hydrogens (tertiary/aromatic N) is 2. The SMILES string of the molecule is CCc1cc(COC(=O)c2cc(N)cc(Cl)c2)n(C)n1. The van der Waals surface area contributed by atoms with Crippen molar-refractivity contribution < 1.29 is 9.53 Å². The molecule has 0 saturated carbocycles. The molecule has 2 rings (SSSR count). The normalized spacial score (nSPS) is 10.6. The van der Waals surface area contributed by atoms with Gasteiger partial charge < -0.3 is 10.5 Å². The maximum Gasteiger partial charge on any atom is 0.338 e. The van der Waals surface area contributed by atoms with Crippen LogP contribution in [-0.2, 0) is 24.8 Å². The number of carbonyl (C=O) groups excluding carboxylic acids is 1. The first-order valence-corrected chi connectivity index (χ1v) is 6.62. The summed E-state index contributed by atoms with van der Waals surface area (Å²) in [6.07, 6.45) is 0.840. The average Bonchev–Trinajstić information content (AvgIpc) is 2.75. The molecule has 1 aromatic heterocycles. The van der Waals surface area contributed by atoms with Gasteiger partial charge in [-0.05, 0) is 30.7 Å². The van der Waals surface area contributed by atoms with E-state index in [1.54, 1.807) is 10.7 Å². The lowest BCUT2D eigenvalue weighted by Crippen LogP contribution is -2.08. The molecule has 1 heterocycles. The zero-order valence-electron chi connectivity index (χ0n) is 11.4. The van der Waals surface area contributed by atoms with Crippen molar-refractivity contribution in [3.63, 3.8) is 0 Å². The Morgan fingerprint density at radius 1 is 1.40 bits per heavy atom. The summed E-state index contributed by atoms with van der Waals surface area (Å²) in [4.78, 5) is 11.9. The maximum absolute atomic E-state index is 11.9. The number of benzene rings is 1. The lowest BCUT2D eigenvalue weighted by atomic mass is 10.2. The summed E-state index contributed by atoms with van der Waals surface area (Å²) >= 11 is 5.86. The number of hydrogen-bond donors (Lipinski definition) is 1. The molecular weight excluding hydrogens is 278 g/mol. The van der Waals surface area contributed by atoms with Gasteiger partial charge in [0.1, 0.15) is 6.61 Å². The van der Waals surface area contributed by atoms with E-state index in [4.69, 9.17) is 22.1 Å². The molecule has 6 heteroatoms. The molecule has 1 aromatic carbocycles. The van der Waals surface area contributed by atoms with E-state index in [0.29, 0.717) is 16.3 Å². The number of aromatic nitrogens is 2. The lowest BCUT2D eigenvalue weighted by molar-refractivity contribution is 0.0463. The Kier molecular flexibility index (Phi) is 4.29. The number of aryl methyl sites for hydroxylation is 2. The monoisotopic (exact) mass is 293 g/mol. The largest absolute Gasteiger partial charge is 0.456 e. The molecule has 0 saturated heterocycles. The molecule has 20 heavy (non-hydrogen) atoms. The smallest absolute Gasteiger partial charge is 0.338 e. The fourth-order valence-electron chi connectivity index (χ4n) is 1.83. The van der Waals surface area contributed by atoms with Crippen LogP contribution in [-0.4, -0.2) is 15.7 Å². The van der Waals surface area contributed by atoms with Gasteiger partial charge in [-0.1, -0.05) is 18.5 Å². The highest BCUT2D eigenvalue weighted by atomic mass is 35.5. The number of nitrogens with two attached hydrogens (primary N) is 1. The van der Waals surface area contributed by atoms with Crippen LogP contribution in [0.25, 0.3) is 0 Å². The van der Waals surface area contributed by atoms with Gasteiger partial charge in [0.05, 0.1) is 17.0 Å². The zero-order chi connectivity index (χ0) is 14.7. The summed E-state index contributed by atoms with van der Waals surface area (Å²) in [6.45, 7) is 2.18. The van der Waals surface area contributed by atoms with Gasteiger partial charge in [-0.15, -0.1) is 0 Å². The molecule has 0 amide bonds. The first kappa shape index (κ1) is 14.4. The molecule has 0 radical (unpaired) electrons. The minimum Gasteiger partial charge on any atom is -0.456 e. The van der Waals surface area contributed by atoms with E-state index in [1.807, 2.05) is 20.0 Å². The number of halogens is 1. The third-order valence-electron chi connectivity index (χ3n) is 2.90. The van der Waals surface area contributed by atoms with Gasteiger partial charge in [0.15, 0.2) is 0 Å². The second-order valence-electron chi connectivity index (χ2n) is 4.45. The fraction of sp³-hybridized carbons (Fsp3) is 0.286. The lowest BCUT2D eigenvalue weighted by Gasteiger charge is -2.06. The first-order valence-electron chi connectivity index (χ1n) is 6.24. The summed E-state index contributed by atoms with van der Waals surface area (Å²) in [5.41, 5.74) is 8.21. The van der Waals surface area contributed by atoms with Crippen molar-refractivity contribution in [1.82, 2.24) is 9.78 Å². The van der Waals surface area contributed by atoms with E-state index in [0.717, 1.165) is 17.8 Å². The van der Waals surface area contributed by atoms with Crippen molar-refractivity contribution in [1.29, 1.82) is 0 Å². The quantitative estimate of drug-likeness (QED) is 0.695. The molecule has 0 aliphatic heterocycles. The van der Waals surface area contributed by atoms with Crippen molar-refractivity contribution in [3.05, 3.63) is 46.2 Å². The molecule has 2 N–H and O–H groups in total. The van der Waals surface area contributed by atoms with Crippen LogP contribution in [0.1, 0.15) is 28.7 Å². The van der Waals surface area contributed by atoms with Crippen molar-refractivity contribution in [2.24, 2.45) is 7.05 Å². The van der Waals surface area contributed by atoms with Crippen LogP contribution in [0.15, 0.2) is 24.3 Å². The standard InChI is InChI=1S/C14H16ClN3O2/c1-3-12-7-13(18(2)17-12)8-20-14(19)9-4-10(15)6-11(16)5-9/h4-7H,3,8,16H2,1-2H3. The fourth-order valence-corrected chi connectivity index (χ4v) is 2.08. The summed E-state index contributed by atoms with van der Waals surface area (Å²) in [6, 6.07) is 6.56. The second kappa shape index (κ2) is 5.96. The van der Waals surface area contributed by atoms with Crippen LogP contribution in [0.4, 0.5) is 5.69 Å². The van der Waals surface area contributed by atoms with Gasteiger partial charge in [-0.25, -0.2) is 4.79 Å². The molecular formula is C14H16ClN3O2. The predicted octanol–water partition coefficient (Wildman–Crippen LogP) is 2.58. The highest BCUT2D eigenvalue weighted by Gasteiger charge is 2.11. The number of esters is 1. The van der Waals surface area contributed by atoms with Crippen LogP contribution in [0.3, 0.4) is 0 Å². The molecule has 0 atom stereocenters. The molecule has 0 unspecified atom stereocenters. The Labute approximate surface area is 122 Å². The van der Waals surface area contributed by atoms with E-state index < -0.39 is 5.97 Å². The van der Waals surface area contributed by atoms with Gasteiger partial charge in [0.25, 0.3) is 0 Å². The third-order valence-corrected chi connectivity index (χ3v) is 3.11. The van der Waals surface area contributed by atoms with E-state index in [1.165, 1.54) is 12.1 Å². The summed E-state index contributed by atoms with van der Waals surface area (Å²) in [5, 5.41) is 4.70. The van der Waals surface area contributed by atoms with Crippen LogP contribution in [0.5, 0.6) is 0 Å². The number of ether oxygens (including phenoxy) is 1. The van der Waals surface area contributed by atoms with Gasteiger partial charge in [0, 0.05) is 17.8 Å². The van der Waals surface area contributed by atoms with Crippen molar-refractivity contribution >= 4 is 23.3 Å². The van der Waals surface area contributed by atoms with Gasteiger partial charge >= 0.3 is 5.97 Å². The minimum atomic E-state index is -0.460. The molecule has 0 bridgehead atoms. The van der Waals surface area contributed by atoms with Crippen molar-refractivity contribution in [3.8, 4) is 0 Å². The molecule has 106 valence electrons. The van der Waals surface area contributed by atoms with E-state index >= 15 is 0 Å². The number of carbonyl (C=O) groups is 1. The summed E-state index contributed by atoms with van der Waals surface area (Å²) in [7, 11) is 1.82. The Morgan fingerprint density at radius 2 is 2.15 bits per heavy atom. The number of anilines is 1. The van der Waals surface area contributed by atoms with E-state index in [-0.39, 0.29) is 6.61 Å². The first-order chi connectivity index (χ1) is 9.49. The van der Waals surface area contributed by atoms with Crippen molar-refractivity contribution in [2.45, 2.75) is 20.0 Å². The highest BCUT2D eigenvalue weighted by Crippen LogP contribution is 2.18. The zero-order valence-corrected chi connectivity index (χ0v) is 12.1. The second-order valence-corrected chi connectivity index (χ2v) is 4.89. The van der Waals surface area contributed by atoms with Gasteiger partial charge in [-0.3, -0.25) is 4.68 Å². The third kappa shape index (κ3) is 3.30. The molecule has 0 aliphatic carbocycles. The topological polar surface area (TPSA) is 70.1 Å². The molecule has 2 aromatic rings. The molecule has 5 nitrogen and oxygen atoms in total. The van der Waals surface area contributed by atoms with E-state index in [2.05, 4.69) is 5.10 Å². The van der Waals surface area contributed by atoms with Crippen LogP contribution in [0, 0.1) is 0 Å². The molecule has 0 fully saturated rings. The Morgan fingerprint density at radius 3 is 2.75 bits per heavy atom. The van der Waals surface area contributed by atoms with Crippen LogP contribution >= 0.6 is 11.6 Å². The van der Waals surface area contributed by atoms with Gasteiger partial charge in [-0.2, -0.15) is 5.10 Å². The number of rotatable bonds is 4. The molecule has 0 spiro atoms. The summed E-state index contributed by atoms with van der Waals surface area (Å²) < 4.78 is 6.96. The predicted molar refractivity (Wildman–Crippen MR) is 77.6 cm³/mol. The average molecular weight is 294 g/mol. The number of nitrogen functional groups attached to an aromatic ring is 1. The maximum atomic E-state index is 11.9.